The molecule has 0 fully saturated rings. The topological polar surface area (TPSA) is 94.2 Å². The molecule has 1 heterocycles. The van der Waals surface area contributed by atoms with Gasteiger partial charge in [-0.25, -0.2) is 8.96 Å². The summed E-state index contributed by atoms with van der Waals surface area (Å²) < 4.78 is 14.4. The van der Waals surface area contributed by atoms with E-state index < -0.39 is 22.2 Å². The van der Waals surface area contributed by atoms with Crippen molar-refractivity contribution in [2.75, 3.05) is 5.32 Å². The molecule has 0 amide bonds. The number of pyridine rings is 1. The van der Waals surface area contributed by atoms with Crippen molar-refractivity contribution in [3.05, 3.63) is 99.1 Å². The SMILES string of the molecule is CC(=O)n1c(Nc2ccc(F)cc2)c(Sc2ccccc2[N+](=O)[O-])c2ccccc2c1=O. The van der Waals surface area contributed by atoms with Gasteiger partial charge in [-0.1, -0.05) is 42.1 Å². The second-order valence-corrected chi connectivity index (χ2v) is 7.89. The number of rotatable bonds is 5. The fourth-order valence-electron chi connectivity index (χ4n) is 3.31. The van der Waals surface area contributed by atoms with Gasteiger partial charge in [-0.05, 0) is 36.4 Å². The first-order valence-electron chi connectivity index (χ1n) is 9.49. The van der Waals surface area contributed by atoms with E-state index in [-0.39, 0.29) is 11.5 Å². The van der Waals surface area contributed by atoms with Crippen molar-refractivity contribution in [3.63, 3.8) is 0 Å². The highest BCUT2D eigenvalue weighted by atomic mass is 32.2. The zero-order valence-corrected chi connectivity index (χ0v) is 17.6. The van der Waals surface area contributed by atoms with E-state index in [1.807, 2.05) is 0 Å². The maximum atomic E-state index is 13.4. The van der Waals surface area contributed by atoms with E-state index in [1.54, 1.807) is 42.5 Å². The number of benzene rings is 3. The van der Waals surface area contributed by atoms with Crippen LogP contribution < -0.4 is 10.9 Å². The molecule has 0 atom stereocenters. The van der Waals surface area contributed by atoms with Crippen LogP contribution in [0, 0.1) is 15.9 Å². The number of anilines is 2. The number of hydrogen-bond donors (Lipinski definition) is 1. The van der Waals surface area contributed by atoms with Gasteiger partial charge in [-0.15, -0.1) is 0 Å². The van der Waals surface area contributed by atoms with Gasteiger partial charge in [0, 0.05) is 29.4 Å². The largest absolute Gasteiger partial charge is 0.340 e. The second kappa shape index (κ2) is 8.64. The molecule has 0 unspecified atom stereocenters. The number of fused-ring (bicyclic) bond motifs is 1. The molecular formula is C23H16FN3O4S. The summed E-state index contributed by atoms with van der Waals surface area (Å²) in [5, 5.41) is 15.4. The van der Waals surface area contributed by atoms with Crippen LogP contribution in [0.1, 0.15) is 11.7 Å². The van der Waals surface area contributed by atoms with Gasteiger partial charge in [-0.3, -0.25) is 19.7 Å². The van der Waals surface area contributed by atoms with Crippen molar-refractivity contribution in [1.29, 1.82) is 0 Å². The van der Waals surface area contributed by atoms with Crippen LogP contribution in [-0.4, -0.2) is 15.4 Å². The molecule has 1 N–H and O–H groups in total. The zero-order chi connectivity index (χ0) is 22.8. The fraction of sp³-hybridized carbons (Fsp3) is 0.0435. The monoisotopic (exact) mass is 449 g/mol. The zero-order valence-electron chi connectivity index (χ0n) is 16.7. The van der Waals surface area contributed by atoms with E-state index >= 15 is 0 Å². The van der Waals surface area contributed by atoms with Crippen molar-refractivity contribution in [1.82, 2.24) is 4.57 Å². The minimum absolute atomic E-state index is 0.102. The Labute approximate surface area is 185 Å². The Morgan fingerprint density at radius 3 is 2.28 bits per heavy atom. The quantitative estimate of drug-likeness (QED) is 0.315. The van der Waals surface area contributed by atoms with Crippen LogP contribution in [0.4, 0.5) is 21.6 Å². The van der Waals surface area contributed by atoms with Crippen molar-refractivity contribution < 1.29 is 14.1 Å². The third kappa shape index (κ3) is 3.97. The van der Waals surface area contributed by atoms with Crippen LogP contribution in [0.2, 0.25) is 0 Å². The van der Waals surface area contributed by atoms with E-state index in [4.69, 9.17) is 0 Å². The number of nitrogens with one attached hydrogen (secondary N) is 1. The summed E-state index contributed by atoms with van der Waals surface area (Å²) in [7, 11) is 0. The summed E-state index contributed by atoms with van der Waals surface area (Å²) in [5.74, 6) is -0.821. The molecule has 0 aliphatic rings. The summed E-state index contributed by atoms with van der Waals surface area (Å²) in [5.41, 5.74) is -0.181. The molecule has 9 heteroatoms. The Balaban J connectivity index is 2.02. The third-order valence-electron chi connectivity index (χ3n) is 4.74. The number of nitro groups is 1. The molecule has 3 aromatic carbocycles. The molecule has 160 valence electrons. The molecule has 0 radical (unpaired) electrons. The number of nitro benzene ring substituents is 1. The highest BCUT2D eigenvalue weighted by Gasteiger charge is 2.23. The van der Waals surface area contributed by atoms with Crippen LogP contribution in [0.5, 0.6) is 0 Å². The smallest absolute Gasteiger partial charge is 0.283 e. The highest BCUT2D eigenvalue weighted by Crippen LogP contribution is 2.42. The fourth-order valence-corrected chi connectivity index (χ4v) is 4.45. The average Bonchev–Trinajstić information content (AvgIpc) is 2.78. The number of halogens is 1. The van der Waals surface area contributed by atoms with Gasteiger partial charge in [-0.2, -0.15) is 0 Å². The number of aromatic nitrogens is 1. The molecule has 0 bridgehead atoms. The first kappa shape index (κ1) is 21.3. The number of carbonyl (C=O) groups is 1. The lowest BCUT2D eigenvalue weighted by Gasteiger charge is -2.19. The van der Waals surface area contributed by atoms with Crippen LogP contribution in [0.15, 0.2) is 87.4 Å². The molecule has 1 aromatic heterocycles. The lowest BCUT2D eigenvalue weighted by molar-refractivity contribution is -0.387. The van der Waals surface area contributed by atoms with Crippen LogP contribution in [0.3, 0.4) is 0 Å². The number of para-hydroxylation sites is 1. The van der Waals surface area contributed by atoms with Crippen LogP contribution in [0.25, 0.3) is 10.8 Å². The first-order valence-corrected chi connectivity index (χ1v) is 10.3. The van der Waals surface area contributed by atoms with Gasteiger partial charge in [0.2, 0.25) is 5.91 Å². The summed E-state index contributed by atoms with van der Waals surface area (Å²) in [6.45, 7) is 1.26. The van der Waals surface area contributed by atoms with Crippen molar-refractivity contribution >= 4 is 45.6 Å². The van der Waals surface area contributed by atoms with Crippen molar-refractivity contribution in [3.8, 4) is 0 Å². The van der Waals surface area contributed by atoms with Gasteiger partial charge in [0.05, 0.1) is 14.7 Å². The standard InChI is InChI=1S/C23H16FN3O4S/c1-14(28)26-22(25-16-12-10-15(24)11-13-16)21(17-6-2-3-7-18(17)23(26)29)32-20-9-5-4-8-19(20)27(30)31/h2-13,25H,1H3. The van der Waals surface area contributed by atoms with E-state index in [0.717, 1.165) is 16.3 Å². The molecule has 0 saturated carbocycles. The Morgan fingerprint density at radius 1 is 1.00 bits per heavy atom. The highest BCUT2D eigenvalue weighted by molar-refractivity contribution is 7.99. The lowest BCUT2D eigenvalue weighted by atomic mass is 10.1. The first-order chi connectivity index (χ1) is 15.4. The minimum Gasteiger partial charge on any atom is -0.340 e. The molecule has 4 rings (SSSR count). The second-order valence-electron chi connectivity index (χ2n) is 6.84. The molecular weight excluding hydrogens is 433 g/mol. The van der Waals surface area contributed by atoms with Crippen LogP contribution >= 0.6 is 11.8 Å². The molecule has 0 saturated heterocycles. The van der Waals surface area contributed by atoms with Crippen molar-refractivity contribution in [2.45, 2.75) is 16.7 Å². The summed E-state index contributed by atoms with van der Waals surface area (Å²) in [6, 6.07) is 18.4. The predicted octanol–water partition coefficient (Wildman–Crippen LogP) is 5.60. The predicted molar refractivity (Wildman–Crippen MR) is 121 cm³/mol. The van der Waals surface area contributed by atoms with Gasteiger partial charge in [0.1, 0.15) is 11.6 Å². The molecule has 0 spiro atoms. The van der Waals surface area contributed by atoms with Gasteiger partial charge in [0.25, 0.3) is 11.2 Å². The summed E-state index contributed by atoms with van der Waals surface area (Å²) >= 11 is 1.07. The van der Waals surface area contributed by atoms with Crippen LogP contribution in [-0.2, 0) is 0 Å². The van der Waals surface area contributed by atoms with E-state index in [1.165, 1.54) is 37.3 Å². The normalized spacial score (nSPS) is 10.8. The Kier molecular flexibility index (Phi) is 5.74. The molecule has 4 aromatic rings. The number of carbonyl (C=O) groups excluding carboxylic acids is 1. The Morgan fingerprint density at radius 2 is 1.62 bits per heavy atom. The molecule has 0 aliphatic carbocycles. The molecule has 0 aliphatic heterocycles. The lowest BCUT2D eigenvalue weighted by Crippen LogP contribution is -2.27. The minimum atomic E-state index is -0.533. The summed E-state index contributed by atoms with van der Waals surface area (Å²) in [6.07, 6.45) is 0. The van der Waals surface area contributed by atoms with E-state index in [9.17, 15) is 24.1 Å². The summed E-state index contributed by atoms with van der Waals surface area (Å²) in [4.78, 5) is 37.5. The van der Waals surface area contributed by atoms with E-state index in [0.29, 0.717) is 26.3 Å². The number of hydrogen-bond acceptors (Lipinski definition) is 6. The number of nitrogens with zero attached hydrogens (tertiary/aromatic N) is 2. The molecule has 32 heavy (non-hydrogen) atoms. The van der Waals surface area contributed by atoms with Gasteiger partial charge < -0.3 is 5.32 Å². The van der Waals surface area contributed by atoms with Gasteiger partial charge >= 0.3 is 0 Å². The Bertz CT molecular complexity index is 1420. The average molecular weight is 449 g/mol. The van der Waals surface area contributed by atoms with E-state index in [2.05, 4.69) is 5.32 Å². The Hall–Kier alpha value is -3.98. The maximum absolute atomic E-state index is 13.4. The van der Waals surface area contributed by atoms with Crippen molar-refractivity contribution in [2.24, 2.45) is 0 Å². The van der Waals surface area contributed by atoms with Gasteiger partial charge in [0.15, 0.2) is 0 Å². The third-order valence-corrected chi connectivity index (χ3v) is 5.92. The maximum Gasteiger partial charge on any atom is 0.283 e. The molecule has 7 nitrogen and oxygen atoms in total.